The third kappa shape index (κ3) is 3.78. The Kier molecular flexibility index (Phi) is 5.54. The van der Waals surface area contributed by atoms with Crippen LogP contribution in [0.3, 0.4) is 0 Å². The van der Waals surface area contributed by atoms with Crippen molar-refractivity contribution < 1.29 is 4.79 Å². The first-order chi connectivity index (χ1) is 15.7. The van der Waals surface area contributed by atoms with E-state index in [9.17, 15) is 10.1 Å². The molecule has 0 spiro atoms. The minimum absolute atomic E-state index is 0.114. The molecule has 2 N–H and O–H groups in total. The fourth-order valence-electron chi connectivity index (χ4n) is 4.50. The van der Waals surface area contributed by atoms with Crippen LogP contribution in [0, 0.1) is 11.3 Å². The van der Waals surface area contributed by atoms with Gasteiger partial charge in [0.05, 0.1) is 28.9 Å². The number of nitriles is 1. The van der Waals surface area contributed by atoms with E-state index in [1.54, 1.807) is 23.9 Å². The second-order valence-electron chi connectivity index (χ2n) is 9.00. The first-order valence-electron chi connectivity index (χ1n) is 10.9. The molecule has 168 valence electrons. The zero-order valence-electron chi connectivity index (χ0n) is 19.6. The number of likely N-dealkylation sites (N-methyl/N-ethyl adjacent to an activating group) is 1. The van der Waals surface area contributed by atoms with Crippen molar-refractivity contribution in [2.45, 2.75) is 38.1 Å². The summed E-state index contributed by atoms with van der Waals surface area (Å²) in [5.74, 6) is -0.111. The molecule has 0 radical (unpaired) electrons. The molecule has 0 saturated carbocycles. The van der Waals surface area contributed by atoms with Gasteiger partial charge in [-0.2, -0.15) is 10.4 Å². The quantitative estimate of drug-likeness (QED) is 0.665. The third-order valence-electron chi connectivity index (χ3n) is 6.45. The molecule has 1 aliphatic rings. The monoisotopic (exact) mass is 440 g/mol. The van der Waals surface area contributed by atoms with Crippen molar-refractivity contribution in [1.29, 1.82) is 5.26 Å². The summed E-state index contributed by atoms with van der Waals surface area (Å²) in [6, 6.07) is 19.5. The lowest BCUT2D eigenvalue weighted by Crippen LogP contribution is -2.53. The number of aromatic nitrogens is 2. The average molecular weight is 441 g/mol. The molecule has 33 heavy (non-hydrogen) atoms. The van der Waals surface area contributed by atoms with Crippen molar-refractivity contribution >= 4 is 11.9 Å². The molecule has 2 heterocycles. The Morgan fingerprint density at radius 3 is 2.45 bits per heavy atom. The SMILES string of the molecule is CC(C)c1ccc(C2C(=O)N(C)C(N)=N[C@]2(C)c2cc(-c3cccc(C#N)c3)nn2C)cc1. The van der Waals surface area contributed by atoms with E-state index >= 15 is 0 Å². The van der Waals surface area contributed by atoms with Gasteiger partial charge in [0.15, 0.2) is 5.96 Å². The second-order valence-corrected chi connectivity index (χ2v) is 9.00. The minimum atomic E-state index is -0.958. The summed E-state index contributed by atoms with van der Waals surface area (Å²) in [5, 5.41) is 13.9. The smallest absolute Gasteiger partial charge is 0.239 e. The van der Waals surface area contributed by atoms with Crippen LogP contribution in [0.2, 0.25) is 0 Å². The van der Waals surface area contributed by atoms with E-state index in [1.165, 1.54) is 10.5 Å². The molecular formula is C26H28N6O. The molecule has 0 saturated heterocycles. The van der Waals surface area contributed by atoms with Gasteiger partial charge in [-0.15, -0.1) is 0 Å². The average Bonchev–Trinajstić information content (AvgIpc) is 3.20. The number of amides is 1. The molecule has 1 aliphatic heterocycles. The molecule has 1 unspecified atom stereocenters. The van der Waals surface area contributed by atoms with Crippen LogP contribution in [0.5, 0.6) is 0 Å². The van der Waals surface area contributed by atoms with Crippen molar-refractivity contribution in [2.24, 2.45) is 17.8 Å². The molecule has 7 heteroatoms. The van der Waals surface area contributed by atoms with Crippen molar-refractivity contribution in [1.82, 2.24) is 14.7 Å². The van der Waals surface area contributed by atoms with Gasteiger partial charge in [0, 0.05) is 19.7 Å². The van der Waals surface area contributed by atoms with Gasteiger partial charge in [-0.25, -0.2) is 4.99 Å². The van der Waals surface area contributed by atoms with E-state index < -0.39 is 11.5 Å². The van der Waals surface area contributed by atoms with Crippen LogP contribution in [0.4, 0.5) is 0 Å². The summed E-state index contributed by atoms with van der Waals surface area (Å²) in [4.78, 5) is 19.7. The van der Waals surface area contributed by atoms with Crippen molar-refractivity contribution in [3.05, 3.63) is 77.0 Å². The second kappa shape index (κ2) is 8.21. The number of benzene rings is 2. The number of hydrogen-bond donors (Lipinski definition) is 1. The first-order valence-corrected chi connectivity index (χ1v) is 10.9. The van der Waals surface area contributed by atoms with Gasteiger partial charge in [0.25, 0.3) is 0 Å². The minimum Gasteiger partial charge on any atom is -0.369 e. The lowest BCUT2D eigenvalue weighted by atomic mass is 9.76. The summed E-state index contributed by atoms with van der Waals surface area (Å²) in [7, 11) is 3.49. The molecule has 7 nitrogen and oxygen atoms in total. The van der Waals surface area contributed by atoms with Crippen LogP contribution in [0.15, 0.2) is 59.6 Å². The zero-order valence-corrected chi connectivity index (χ0v) is 19.6. The third-order valence-corrected chi connectivity index (χ3v) is 6.45. The van der Waals surface area contributed by atoms with Crippen LogP contribution in [-0.4, -0.2) is 33.6 Å². The van der Waals surface area contributed by atoms with Gasteiger partial charge in [-0.3, -0.25) is 14.4 Å². The lowest BCUT2D eigenvalue weighted by molar-refractivity contribution is -0.130. The number of nitrogens with two attached hydrogens (primary N) is 1. The summed E-state index contributed by atoms with van der Waals surface area (Å²) in [6.45, 7) is 6.21. The largest absolute Gasteiger partial charge is 0.369 e. The highest BCUT2D eigenvalue weighted by Gasteiger charge is 2.49. The van der Waals surface area contributed by atoms with Crippen molar-refractivity contribution in [3.8, 4) is 17.3 Å². The molecule has 1 aromatic heterocycles. The zero-order chi connectivity index (χ0) is 23.9. The Labute approximate surface area is 194 Å². The van der Waals surface area contributed by atoms with Gasteiger partial charge in [-0.1, -0.05) is 50.2 Å². The lowest BCUT2D eigenvalue weighted by Gasteiger charge is -2.40. The molecule has 3 aromatic rings. The molecule has 1 amide bonds. The highest BCUT2D eigenvalue weighted by molar-refractivity contribution is 6.02. The molecule has 2 aromatic carbocycles. The molecule has 0 aliphatic carbocycles. The fourth-order valence-corrected chi connectivity index (χ4v) is 4.50. The maximum atomic E-state index is 13.5. The summed E-state index contributed by atoms with van der Waals surface area (Å²) < 4.78 is 1.75. The molecule has 2 atom stereocenters. The Morgan fingerprint density at radius 1 is 1.12 bits per heavy atom. The van der Waals surface area contributed by atoms with Crippen LogP contribution in [0.1, 0.15) is 55.0 Å². The Balaban J connectivity index is 1.86. The maximum Gasteiger partial charge on any atom is 0.239 e. The number of aryl methyl sites for hydroxylation is 1. The van der Waals surface area contributed by atoms with Crippen LogP contribution < -0.4 is 5.73 Å². The summed E-state index contributed by atoms with van der Waals surface area (Å²) >= 11 is 0. The molecule has 0 bridgehead atoms. The van der Waals surface area contributed by atoms with Crippen molar-refractivity contribution in [3.63, 3.8) is 0 Å². The van der Waals surface area contributed by atoms with E-state index in [0.717, 1.165) is 16.8 Å². The van der Waals surface area contributed by atoms with Gasteiger partial charge in [0.1, 0.15) is 5.54 Å². The fraction of sp³-hybridized carbons (Fsp3) is 0.308. The van der Waals surface area contributed by atoms with Crippen LogP contribution in [0.25, 0.3) is 11.3 Å². The van der Waals surface area contributed by atoms with E-state index in [4.69, 9.17) is 10.7 Å². The van der Waals surface area contributed by atoms with Gasteiger partial charge in [0.2, 0.25) is 5.91 Å². The number of aliphatic imine (C=N–C) groups is 1. The van der Waals surface area contributed by atoms with Crippen molar-refractivity contribution in [2.75, 3.05) is 7.05 Å². The number of nitrogens with zero attached hydrogens (tertiary/aromatic N) is 5. The highest BCUT2D eigenvalue weighted by atomic mass is 16.2. The van der Waals surface area contributed by atoms with E-state index in [0.29, 0.717) is 17.2 Å². The van der Waals surface area contributed by atoms with E-state index in [-0.39, 0.29) is 11.9 Å². The number of rotatable bonds is 4. The van der Waals surface area contributed by atoms with Gasteiger partial charge >= 0.3 is 0 Å². The Bertz CT molecular complexity index is 1280. The van der Waals surface area contributed by atoms with Gasteiger partial charge < -0.3 is 5.73 Å². The summed E-state index contributed by atoms with van der Waals surface area (Å²) in [5.41, 5.74) is 10.2. The number of carbonyl (C=O) groups excluding carboxylic acids is 1. The van der Waals surface area contributed by atoms with Gasteiger partial charge in [-0.05, 0) is 42.2 Å². The predicted octanol–water partition coefficient (Wildman–Crippen LogP) is 3.87. The summed E-state index contributed by atoms with van der Waals surface area (Å²) in [6.07, 6.45) is 0. The number of guanidine groups is 1. The Hall–Kier alpha value is -3.92. The van der Waals surface area contributed by atoms with Crippen LogP contribution in [-0.2, 0) is 17.4 Å². The van der Waals surface area contributed by atoms with E-state index in [1.807, 2.05) is 44.3 Å². The molecular weight excluding hydrogens is 412 g/mol. The van der Waals surface area contributed by atoms with E-state index in [2.05, 4.69) is 37.1 Å². The number of carbonyl (C=O) groups is 1. The predicted molar refractivity (Wildman–Crippen MR) is 128 cm³/mol. The Morgan fingerprint density at radius 2 is 1.82 bits per heavy atom. The number of hydrogen-bond acceptors (Lipinski definition) is 5. The highest BCUT2D eigenvalue weighted by Crippen LogP contribution is 2.44. The molecule has 4 rings (SSSR count). The normalized spacial score (nSPS) is 20.6. The maximum absolute atomic E-state index is 13.5. The molecule has 0 fully saturated rings. The topological polar surface area (TPSA) is 100 Å². The standard InChI is InChI=1S/C26H28N6O/c1-16(2)18-9-11-19(12-10-18)23-24(33)31(4)25(28)29-26(23,3)22-14-21(30-32(22)5)20-8-6-7-17(13-20)15-27/h6-14,16,23H,1-5H3,(H2,28,29)/t23?,26-/m1/s1. The first kappa shape index (κ1) is 22.3. The van der Waals surface area contributed by atoms with Crippen LogP contribution >= 0.6 is 0 Å².